The van der Waals surface area contributed by atoms with Crippen molar-refractivity contribution in [1.82, 2.24) is 0 Å². The van der Waals surface area contributed by atoms with Crippen LogP contribution in [0.3, 0.4) is 0 Å². The predicted molar refractivity (Wildman–Crippen MR) is 89.9 cm³/mol. The van der Waals surface area contributed by atoms with Crippen molar-refractivity contribution in [2.24, 2.45) is 5.73 Å². The first kappa shape index (κ1) is 17.6. The Kier molecular flexibility index (Phi) is 14.4. The van der Waals surface area contributed by atoms with Crippen LogP contribution in [-0.4, -0.2) is 6.54 Å². The van der Waals surface area contributed by atoms with Crippen molar-refractivity contribution in [3.05, 3.63) is 47.4 Å². The Morgan fingerprint density at radius 2 is 1.94 bits per heavy atom. The number of hydrogen-bond acceptors (Lipinski definition) is 3. The van der Waals surface area contributed by atoms with Gasteiger partial charge in [0.05, 0.1) is 0 Å². The second kappa shape index (κ2) is 14.7. The molecule has 1 nitrogen and oxygen atoms in total. The minimum absolute atomic E-state index is 0.813. The largest absolute Gasteiger partial charge is 0.330 e. The molecule has 18 heavy (non-hydrogen) atoms. The van der Waals surface area contributed by atoms with Gasteiger partial charge in [0.25, 0.3) is 0 Å². The molecule has 0 saturated carbocycles. The average Bonchev–Trinajstić information content (AvgIpc) is 2.37. The van der Waals surface area contributed by atoms with Gasteiger partial charge in [-0.05, 0) is 44.6 Å². The Labute approximate surface area is 121 Å². The van der Waals surface area contributed by atoms with E-state index >= 15 is 0 Å². The van der Waals surface area contributed by atoms with E-state index in [0.29, 0.717) is 0 Å². The molecule has 0 aliphatic carbocycles. The molecule has 3 heteroatoms. The summed E-state index contributed by atoms with van der Waals surface area (Å²) in [6, 6.07) is 0. The fourth-order valence-corrected chi connectivity index (χ4v) is 1.83. The van der Waals surface area contributed by atoms with E-state index in [1.54, 1.807) is 0 Å². The number of nitrogens with two attached hydrogens (primary N) is 1. The number of allylic oxidation sites excluding steroid dienone is 7. The zero-order chi connectivity index (χ0) is 13.5. The molecule has 0 amide bonds. The fraction of sp³-hybridized carbons (Fsp3) is 0.467. The summed E-state index contributed by atoms with van der Waals surface area (Å²) >= 11 is 4.04. The summed E-state index contributed by atoms with van der Waals surface area (Å²) in [5, 5.41) is 1.99. The molecule has 0 saturated heterocycles. The molecular weight excluding hydrogens is 258 g/mol. The molecule has 0 aromatic carbocycles. The Hall–Kier alpha value is -0.380. The second-order valence-corrected chi connectivity index (χ2v) is 5.26. The third-order valence-electron chi connectivity index (χ3n) is 2.41. The normalized spacial score (nSPS) is 13.4. The van der Waals surface area contributed by atoms with Crippen molar-refractivity contribution in [2.75, 3.05) is 6.54 Å². The first-order valence-corrected chi connectivity index (χ1v) is 8.38. The summed E-state index contributed by atoms with van der Waals surface area (Å²) < 4.78 is 0. The molecule has 0 aromatic heterocycles. The van der Waals surface area contributed by atoms with Gasteiger partial charge in [0.1, 0.15) is 0 Å². The van der Waals surface area contributed by atoms with Gasteiger partial charge in [0, 0.05) is 0 Å². The molecule has 0 radical (unpaired) electrons. The quantitative estimate of drug-likeness (QED) is 0.254. The molecule has 102 valence electrons. The van der Waals surface area contributed by atoms with E-state index in [2.05, 4.69) is 55.0 Å². The highest BCUT2D eigenvalue weighted by Gasteiger charge is 1.83. The lowest BCUT2D eigenvalue weighted by Gasteiger charge is -1.93. The van der Waals surface area contributed by atoms with E-state index in [1.807, 2.05) is 5.41 Å². The Morgan fingerprint density at radius 3 is 2.67 bits per heavy atom. The minimum atomic E-state index is 0.813. The van der Waals surface area contributed by atoms with E-state index in [-0.39, 0.29) is 0 Å². The summed E-state index contributed by atoms with van der Waals surface area (Å²) in [4.78, 5) is 0. The van der Waals surface area contributed by atoms with Crippen LogP contribution in [0.4, 0.5) is 0 Å². The maximum absolute atomic E-state index is 5.43. The van der Waals surface area contributed by atoms with Gasteiger partial charge in [-0.1, -0.05) is 59.2 Å². The number of rotatable bonds is 10. The summed E-state index contributed by atoms with van der Waals surface area (Å²) in [7, 11) is 1.44. The first-order valence-electron chi connectivity index (χ1n) is 6.45. The molecule has 0 aliphatic rings. The molecule has 0 heterocycles. The lowest BCUT2D eigenvalue weighted by atomic mass is 10.2. The summed E-state index contributed by atoms with van der Waals surface area (Å²) in [6.07, 6.45) is 18.5. The van der Waals surface area contributed by atoms with Crippen molar-refractivity contribution in [3.8, 4) is 0 Å². The molecule has 0 spiro atoms. The van der Waals surface area contributed by atoms with Gasteiger partial charge in [0.15, 0.2) is 0 Å². The van der Waals surface area contributed by atoms with Crippen LogP contribution >= 0.6 is 22.5 Å². The van der Waals surface area contributed by atoms with Crippen LogP contribution < -0.4 is 5.73 Å². The van der Waals surface area contributed by atoms with Crippen molar-refractivity contribution in [3.63, 3.8) is 0 Å². The second-order valence-electron chi connectivity index (χ2n) is 4.15. The SMILES string of the molecule is C\C(=C/C=C\C=C/CCCCCN)C/C=C\SS. The van der Waals surface area contributed by atoms with Gasteiger partial charge < -0.3 is 5.73 Å². The van der Waals surface area contributed by atoms with Crippen LogP contribution in [0.25, 0.3) is 0 Å². The van der Waals surface area contributed by atoms with Crippen LogP contribution in [-0.2, 0) is 0 Å². The fourth-order valence-electron chi connectivity index (χ4n) is 1.39. The highest BCUT2D eigenvalue weighted by molar-refractivity contribution is 8.69. The standard InChI is InChI=1S/C15H25NS2/c1-15(12-10-14-18-17)11-8-6-4-2-3-5-7-9-13-16/h2,4,6,8,10-11,14,17H,3,5,7,9,12-13,16H2,1H3/b4-2-,8-6-,14-10-,15-11+. The zero-order valence-corrected chi connectivity index (χ0v) is 12.9. The summed E-state index contributed by atoms with van der Waals surface area (Å²) in [5.74, 6) is 0. The number of unbranched alkanes of at least 4 members (excludes halogenated alkanes) is 3. The van der Waals surface area contributed by atoms with Crippen LogP contribution in [0.5, 0.6) is 0 Å². The molecule has 2 N–H and O–H groups in total. The Balaban J connectivity index is 3.64. The molecule has 0 aliphatic heterocycles. The highest BCUT2D eigenvalue weighted by atomic mass is 33.1. The van der Waals surface area contributed by atoms with Crippen LogP contribution in [0, 0.1) is 0 Å². The third kappa shape index (κ3) is 13.7. The smallest absolute Gasteiger partial charge is 0.00773 e. The van der Waals surface area contributed by atoms with Gasteiger partial charge in [-0.2, -0.15) is 0 Å². The molecule has 0 atom stereocenters. The lowest BCUT2D eigenvalue weighted by Crippen LogP contribution is -1.97. The Morgan fingerprint density at radius 1 is 1.11 bits per heavy atom. The van der Waals surface area contributed by atoms with Gasteiger partial charge in [0.2, 0.25) is 0 Å². The van der Waals surface area contributed by atoms with Gasteiger partial charge >= 0.3 is 0 Å². The molecular formula is C15H25NS2. The average molecular weight is 284 g/mol. The van der Waals surface area contributed by atoms with Crippen LogP contribution in [0.1, 0.15) is 39.0 Å². The number of thiol groups is 1. The zero-order valence-electron chi connectivity index (χ0n) is 11.2. The lowest BCUT2D eigenvalue weighted by molar-refractivity contribution is 0.695. The molecule has 0 aromatic rings. The van der Waals surface area contributed by atoms with E-state index in [1.165, 1.54) is 29.2 Å². The van der Waals surface area contributed by atoms with E-state index in [9.17, 15) is 0 Å². The van der Waals surface area contributed by atoms with Crippen molar-refractivity contribution in [2.45, 2.75) is 39.0 Å². The van der Waals surface area contributed by atoms with Gasteiger partial charge in [-0.3, -0.25) is 0 Å². The molecule has 0 unspecified atom stereocenters. The van der Waals surface area contributed by atoms with Crippen molar-refractivity contribution < 1.29 is 0 Å². The summed E-state index contributed by atoms with van der Waals surface area (Å²) in [6.45, 7) is 2.95. The maximum atomic E-state index is 5.43. The first-order chi connectivity index (χ1) is 8.81. The van der Waals surface area contributed by atoms with Gasteiger partial charge in [-0.25, -0.2) is 0 Å². The maximum Gasteiger partial charge on any atom is -0.00773 e. The topological polar surface area (TPSA) is 26.0 Å². The molecule has 0 fully saturated rings. The van der Waals surface area contributed by atoms with Crippen LogP contribution in [0.2, 0.25) is 0 Å². The predicted octanol–water partition coefficient (Wildman–Crippen LogP) is 5.05. The van der Waals surface area contributed by atoms with Crippen molar-refractivity contribution in [1.29, 1.82) is 0 Å². The third-order valence-corrected chi connectivity index (χ3v) is 3.09. The van der Waals surface area contributed by atoms with Gasteiger partial charge in [-0.15, -0.1) is 11.7 Å². The van der Waals surface area contributed by atoms with Crippen LogP contribution in [0.15, 0.2) is 47.4 Å². The summed E-state index contributed by atoms with van der Waals surface area (Å²) in [5.41, 5.74) is 6.78. The number of hydrogen-bond donors (Lipinski definition) is 2. The highest BCUT2D eigenvalue weighted by Crippen LogP contribution is 2.09. The van der Waals surface area contributed by atoms with E-state index < -0.39 is 0 Å². The molecule has 0 rings (SSSR count). The minimum Gasteiger partial charge on any atom is -0.330 e. The van der Waals surface area contributed by atoms with E-state index in [4.69, 9.17) is 5.73 Å². The van der Waals surface area contributed by atoms with E-state index in [0.717, 1.165) is 25.8 Å². The molecule has 0 bridgehead atoms. The monoisotopic (exact) mass is 283 g/mol. The van der Waals surface area contributed by atoms with Crippen molar-refractivity contribution >= 4 is 22.5 Å². The Bertz CT molecular complexity index is 291.